The molecule has 11 heteroatoms. The maximum Gasteiger partial charge on any atom is 0.190 e. The van der Waals surface area contributed by atoms with Crippen LogP contribution in [0.25, 0.3) is 0 Å². The van der Waals surface area contributed by atoms with Crippen LogP contribution in [0.5, 0.6) is 0 Å². The van der Waals surface area contributed by atoms with Gasteiger partial charge in [-0.05, 0) is 0 Å². The second kappa shape index (κ2) is 24.2. The molecule has 0 aromatic carbocycles. The number of ether oxygens (including phenoxy) is 11. The van der Waals surface area contributed by atoms with E-state index in [1.807, 2.05) is 0 Å². The van der Waals surface area contributed by atoms with E-state index in [-0.39, 0.29) is 72.5 Å². The molecule has 2 aliphatic heterocycles. The zero-order chi connectivity index (χ0) is 35.0. The lowest BCUT2D eigenvalue weighted by Gasteiger charge is -2.46. The van der Waals surface area contributed by atoms with Crippen molar-refractivity contribution in [3.05, 3.63) is 0 Å². The first-order valence-corrected chi connectivity index (χ1v) is 14.8. The van der Waals surface area contributed by atoms with E-state index in [4.69, 9.17) is 103 Å². The molecule has 10 atom stereocenters. The Bertz CT molecular complexity index is 1290. The van der Waals surface area contributed by atoms with Gasteiger partial charge in [0.05, 0.1) is 19.3 Å². The van der Waals surface area contributed by atoms with Gasteiger partial charge in [-0.3, -0.25) is 0 Å². The zero-order valence-corrected chi connectivity index (χ0v) is 26.7. The van der Waals surface area contributed by atoms with Gasteiger partial charge in [0.1, 0.15) is 95.6 Å². The highest BCUT2D eigenvalue weighted by molar-refractivity contribution is 4.99. The Hall–Kier alpha value is -3.96. The van der Waals surface area contributed by atoms with Crippen LogP contribution < -0.4 is 0 Å². The number of terminal acetylenes is 8. The van der Waals surface area contributed by atoms with Gasteiger partial charge in [0.25, 0.3) is 0 Å². The van der Waals surface area contributed by atoms with E-state index in [9.17, 15) is 0 Å². The van der Waals surface area contributed by atoms with Gasteiger partial charge >= 0.3 is 0 Å². The average Bonchev–Trinajstić information content (AvgIpc) is 3.22. The molecule has 2 aliphatic rings. The van der Waals surface area contributed by atoms with Crippen LogP contribution in [0.1, 0.15) is 6.42 Å². The number of rotatable bonds is 20. The van der Waals surface area contributed by atoms with Crippen molar-refractivity contribution in [1.29, 1.82) is 0 Å². The molecule has 2 saturated heterocycles. The van der Waals surface area contributed by atoms with Gasteiger partial charge in [-0.1, -0.05) is 47.4 Å². The van der Waals surface area contributed by atoms with Crippen LogP contribution in [-0.2, 0) is 52.1 Å². The van der Waals surface area contributed by atoms with Gasteiger partial charge in [-0.15, -0.1) is 51.4 Å². The van der Waals surface area contributed by atoms with Crippen molar-refractivity contribution in [2.75, 3.05) is 66.1 Å². The fourth-order valence-electron chi connectivity index (χ4n) is 5.01. The normalized spacial score (nSPS) is 29.6. The lowest BCUT2D eigenvalue weighted by atomic mass is 9.98. The first-order valence-electron chi connectivity index (χ1n) is 14.8. The summed E-state index contributed by atoms with van der Waals surface area (Å²) in [7, 11) is 0. The minimum absolute atomic E-state index is 0.00862. The minimum atomic E-state index is -1.24. The Kier molecular flexibility index (Phi) is 20.3. The lowest BCUT2D eigenvalue weighted by Crippen LogP contribution is -2.63. The third-order valence-corrected chi connectivity index (χ3v) is 6.80. The summed E-state index contributed by atoms with van der Waals surface area (Å²) in [6, 6.07) is 0. The molecule has 6 unspecified atom stereocenters. The van der Waals surface area contributed by atoms with Crippen molar-refractivity contribution < 1.29 is 52.1 Å². The van der Waals surface area contributed by atoms with Crippen molar-refractivity contribution in [2.24, 2.45) is 0 Å². The molecule has 0 aliphatic carbocycles. The van der Waals surface area contributed by atoms with Gasteiger partial charge < -0.3 is 52.1 Å². The Morgan fingerprint density at radius 3 is 1.33 bits per heavy atom. The summed E-state index contributed by atoms with van der Waals surface area (Å²) < 4.78 is 66.7. The fraction of sp³-hybridized carbons (Fsp3) is 0.568. The van der Waals surface area contributed by atoms with Crippen LogP contribution in [-0.4, -0.2) is 127 Å². The highest BCUT2D eigenvalue weighted by atomic mass is 16.8. The van der Waals surface area contributed by atoms with Crippen LogP contribution >= 0.6 is 0 Å². The second-order valence-electron chi connectivity index (χ2n) is 9.92. The summed E-state index contributed by atoms with van der Waals surface area (Å²) in [5.74, 6) is 19.5. The van der Waals surface area contributed by atoms with E-state index in [0.717, 1.165) is 0 Å². The molecule has 0 N–H and O–H groups in total. The molecule has 0 radical (unpaired) electrons. The van der Waals surface area contributed by atoms with E-state index in [1.165, 1.54) is 0 Å². The van der Waals surface area contributed by atoms with E-state index >= 15 is 0 Å². The van der Waals surface area contributed by atoms with Crippen LogP contribution in [0, 0.1) is 98.8 Å². The predicted molar refractivity (Wildman–Crippen MR) is 174 cm³/mol. The third kappa shape index (κ3) is 12.9. The summed E-state index contributed by atoms with van der Waals surface area (Å²) in [6.07, 6.45) is 34.8. The van der Waals surface area contributed by atoms with Crippen molar-refractivity contribution in [2.45, 2.75) is 67.8 Å². The standard InChI is InChI=1S/C37H40O11/c1-9-17-38-26-30-32(42-21-13-5)28(40-19-11-3)25-29(41-20-12-4)36(46-30)48-37-35(45-24-16-8)34(44-23-15-7)33(43-22-14-6)31(47-37)27-39-18-10-2/h1-8,28-37H,17-27H2/t28?,29?,30?,31?,32-,33+,34?,35?,36-,37-/m0/s1. The van der Waals surface area contributed by atoms with Gasteiger partial charge in [-0.25, -0.2) is 0 Å². The molecule has 0 amide bonds. The molecule has 0 spiro atoms. The van der Waals surface area contributed by atoms with Crippen molar-refractivity contribution >= 4 is 0 Å². The van der Waals surface area contributed by atoms with Gasteiger partial charge in [0.15, 0.2) is 12.6 Å². The predicted octanol–water partition coefficient (Wildman–Crippen LogP) is 0.253. The molecular formula is C37H40O11. The fourth-order valence-corrected chi connectivity index (χ4v) is 5.01. The highest BCUT2D eigenvalue weighted by Crippen LogP contribution is 2.34. The molecule has 0 saturated carbocycles. The second-order valence-corrected chi connectivity index (χ2v) is 9.92. The smallest absolute Gasteiger partial charge is 0.190 e. The summed E-state index contributed by atoms with van der Waals surface area (Å²) in [6.45, 7) is -0.691. The molecule has 2 rings (SSSR count). The van der Waals surface area contributed by atoms with Gasteiger partial charge in [-0.2, -0.15) is 0 Å². The van der Waals surface area contributed by atoms with E-state index in [1.54, 1.807) is 0 Å². The molecule has 2 heterocycles. The Labute approximate surface area is 284 Å². The van der Waals surface area contributed by atoms with Crippen LogP contribution in [0.2, 0.25) is 0 Å². The summed E-state index contributed by atoms with van der Waals surface area (Å²) >= 11 is 0. The summed E-state index contributed by atoms with van der Waals surface area (Å²) in [5, 5.41) is 0. The largest absolute Gasteiger partial charge is 0.366 e. The van der Waals surface area contributed by atoms with Crippen LogP contribution in [0.4, 0.5) is 0 Å². The Morgan fingerprint density at radius 1 is 0.417 bits per heavy atom. The van der Waals surface area contributed by atoms with E-state index in [2.05, 4.69) is 47.4 Å². The number of hydrogen-bond acceptors (Lipinski definition) is 11. The van der Waals surface area contributed by atoms with Crippen molar-refractivity contribution in [1.82, 2.24) is 0 Å². The van der Waals surface area contributed by atoms with E-state index in [0.29, 0.717) is 0 Å². The quantitative estimate of drug-likeness (QED) is 0.133. The van der Waals surface area contributed by atoms with Crippen LogP contribution in [0.15, 0.2) is 0 Å². The molecule has 0 aromatic rings. The molecular weight excluding hydrogens is 620 g/mol. The summed E-state index contributed by atoms with van der Waals surface area (Å²) in [5.41, 5.74) is 0. The minimum Gasteiger partial charge on any atom is -0.366 e. The monoisotopic (exact) mass is 660 g/mol. The topological polar surface area (TPSA) is 102 Å². The lowest BCUT2D eigenvalue weighted by molar-refractivity contribution is -0.364. The molecule has 11 nitrogen and oxygen atoms in total. The van der Waals surface area contributed by atoms with Crippen LogP contribution in [0.3, 0.4) is 0 Å². The molecule has 0 aromatic heterocycles. The Morgan fingerprint density at radius 2 is 0.812 bits per heavy atom. The average molecular weight is 661 g/mol. The van der Waals surface area contributed by atoms with Gasteiger partial charge in [0, 0.05) is 6.42 Å². The van der Waals surface area contributed by atoms with Crippen molar-refractivity contribution in [3.8, 4) is 98.8 Å². The van der Waals surface area contributed by atoms with Gasteiger partial charge in [0.2, 0.25) is 0 Å². The molecule has 2 fully saturated rings. The van der Waals surface area contributed by atoms with Crippen molar-refractivity contribution in [3.63, 3.8) is 0 Å². The Balaban J connectivity index is 2.60. The third-order valence-electron chi connectivity index (χ3n) is 6.80. The maximum absolute atomic E-state index is 6.53. The first kappa shape index (κ1) is 40.2. The molecule has 254 valence electrons. The zero-order valence-electron chi connectivity index (χ0n) is 26.7. The van der Waals surface area contributed by atoms with E-state index < -0.39 is 61.4 Å². The highest BCUT2D eigenvalue weighted by Gasteiger charge is 2.51. The first-order chi connectivity index (χ1) is 23.5. The maximum atomic E-state index is 6.53. The molecule has 0 bridgehead atoms. The number of hydrogen-bond donors (Lipinski definition) is 0. The molecule has 48 heavy (non-hydrogen) atoms. The summed E-state index contributed by atoms with van der Waals surface area (Å²) in [4.78, 5) is 0. The SMILES string of the molecule is C#CCOCC1O[C@@H](O[C@@H]2OC(COCC#C)[C@@H](OCC#C)C(OCC#C)C2OCC#C)C(OCC#C)CC(OCC#C)[C@@H]1OCC#C.